The van der Waals surface area contributed by atoms with Crippen LogP contribution in [0.1, 0.15) is 18.1 Å². The van der Waals surface area contributed by atoms with Gasteiger partial charge in [-0.25, -0.2) is 13.1 Å². The molecule has 26 heavy (non-hydrogen) atoms. The molecule has 0 radical (unpaired) electrons. The molecular weight excluding hydrogens is 352 g/mol. The summed E-state index contributed by atoms with van der Waals surface area (Å²) in [5.41, 5.74) is 2.71. The highest BCUT2D eigenvalue weighted by atomic mass is 32.2. The van der Waals surface area contributed by atoms with Gasteiger partial charge >= 0.3 is 0 Å². The Morgan fingerprint density at radius 1 is 1.19 bits per heavy atom. The Balaban J connectivity index is 1.77. The van der Waals surface area contributed by atoms with Gasteiger partial charge in [0, 0.05) is 12.2 Å². The van der Waals surface area contributed by atoms with E-state index in [9.17, 15) is 13.2 Å². The maximum Gasteiger partial charge on any atom is 0.267 e. The molecular formula is C19H22N2O4S. The summed E-state index contributed by atoms with van der Waals surface area (Å²) in [6, 6.07) is 12.4. The molecule has 0 spiro atoms. The summed E-state index contributed by atoms with van der Waals surface area (Å²) in [6.45, 7) is 4.22. The molecule has 0 aliphatic carbocycles. The number of anilines is 1. The molecule has 1 N–H and O–H groups in total. The van der Waals surface area contributed by atoms with Gasteiger partial charge in [0.1, 0.15) is 5.75 Å². The third kappa shape index (κ3) is 3.59. The number of carbonyl (C=O) groups is 1. The molecule has 0 bridgehead atoms. The molecule has 3 rings (SSSR count). The zero-order valence-corrected chi connectivity index (χ0v) is 15.8. The highest BCUT2D eigenvalue weighted by molar-refractivity contribution is 7.89. The number of hydrogen-bond donors (Lipinski definition) is 1. The Bertz CT molecular complexity index is 923. The van der Waals surface area contributed by atoms with E-state index in [1.807, 2.05) is 31.2 Å². The third-order valence-electron chi connectivity index (χ3n) is 4.47. The van der Waals surface area contributed by atoms with Gasteiger partial charge in [0.15, 0.2) is 6.10 Å². The van der Waals surface area contributed by atoms with E-state index in [2.05, 4.69) is 4.72 Å². The van der Waals surface area contributed by atoms with Crippen molar-refractivity contribution in [2.75, 3.05) is 18.5 Å². The average Bonchev–Trinajstić information content (AvgIpc) is 3.06. The van der Waals surface area contributed by atoms with Gasteiger partial charge in [-0.2, -0.15) is 0 Å². The minimum atomic E-state index is -3.50. The van der Waals surface area contributed by atoms with E-state index in [-0.39, 0.29) is 10.8 Å². The summed E-state index contributed by atoms with van der Waals surface area (Å²) in [5.74, 6) is 0.500. The number of aryl methyl sites for hydroxylation is 1. The SMILES string of the molecule is CNS(=O)(=O)c1ccc2c(c1)CCN2C(=O)C(C)Oc1ccc(C)cc1. The molecule has 1 amide bonds. The van der Waals surface area contributed by atoms with Crippen molar-refractivity contribution in [3.8, 4) is 5.75 Å². The number of ether oxygens (including phenoxy) is 1. The van der Waals surface area contributed by atoms with E-state index in [1.165, 1.54) is 13.1 Å². The molecule has 0 aromatic heterocycles. The highest BCUT2D eigenvalue weighted by Crippen LogP contribution is 2.31. The Kier molecular flexibility index (Phi) is 5.02. The quantitative estimate of drug-likeness (QED) is 0.871. The van der Waals surface area contributed by atoms with Crippen LogP contribution in [0.2, 0.25) is 0 Å². The van der Waals surface area contributed by atoms with Gasteiger partial charge in [0.25, 0.3) is 5.91 Å². The molecule has 6 nitrogen and oxygen atoms in total. The molecule has 1 aliphatic rings. The molecule has 2 aromatic rings. The maximum absolute atomic E-state index is 12.8. The standard InChI is InChI=1S/C19H22N2O4S/c1-13-4-6-16(7-5-13)25-14(2)19(22)21-11-10-15-12-17(8-9-18(15)21)26(23,24)20-3/h4-9,12,14,20H,10-11H2,1-3H3. The van der Waals surface area contributed by atoms with Crippen molar-refractivity contribution in [2.45, 2.75) is 31.3 Å². The minimum absolute atomic E-state index is 0.145. The van der Waals surface area contributed by atoms with Crippen LogP contribution in [0.15, 0.2) is 47.4 Å². The predicted molar refractivity (Wildman–Crippen MR) is 100 cm³/mol. The van der Waals surface area contributed by atoms with Crippen molar-refractivity contribution >= 4 is 21.6 Å². The van der Waals surface area contributed by atoms with Gasteiger partial charge in [-0.15, -0.1) is 0 Å². The van der Waals surface area contributed by atoms with Crippen molar-refractivity contribution in [1.29, 1.82) is 0 Å². The molecule has 1 unspecified atom stereocenters. The van der Waals surface area contributed by atoms with Gasteiger partial charge in [0.2, 0.25) is 10.0 Å². The fraction of sp³-hybridized carbons (Fsp3) is 0.316. The Morgan fingerprint density at radius 3 is 2.54 bits per heavy atom. The van der Waals surface area contributed by atoms with Crippen LogP contribution in [0.5, 0.6) is 5.75 Å². The lowest BCUT2D eigenvalue weighted by atomic mass is 10.2. The fourth-order valence-corrected chi connectivity index (χ4v) is 3.76. The molecule has 138 valence electrons. The summed E-state index contributed by atoms with van der Waals surface area (Å²) >= 11 is 0. The van der Waals surface area contributed by atoms with Crippen LogP contribution in [0, 0.1) is 6.92 Å². The lowest BCUT2D eigenvalue weighted by Crippen LogP contribution is -2.39. The van der Waals surface area contributed by atoms with Crippen LogP contribution in [0.25, 0.3) is 0 Å². The number of sulfonamides is 1. The number of amides is 1. The van der Waals surface area contributed by atoms with Crippen LogP contribution in [0.3, 0.4) is 0 Å². The number of fused-ring (bicyclic) bond motifs is 1. The van der Waals surface area contributed by atoms with Crippen LogP contribution >= 0.6 is 0 Å². The number of carbonyl (C=O) groups excluding carboxylic acids is 1. The summed E-state index contributed by atoms with van der Waals surface area (Å²) in [6.07, 6.45) is -0.0184. The van der Waals surface area contributed by atoms with Crippen molar-refractivity contribution in [2.24, 2.45) is 0 Å². The second-order valence-corrected chi connectivity index (χ2v) is 8.20. The molecule has 1 atom stereocenters. The van der Waals surface area contributed by atoms with Gasteiger partial charge in [-0.1, -0.05) is 17.7 Å². The molecule has 0 saturated heterocycles. The number of rotatable bonds is 5. The molecule has 2 aromatic carbocycles. The molecule has 1 heterocycles. The van der Waals surface area contributed by atoms with E-state index in [4.69, 9.17) is 4.74 Å². The van der Waals surface area contributed by atoms with Crippen LogP contribution < -0.4 is 14.4 Å². The number of nitrogens with zero attached hydrogens (tertiary/aromatic N) is 1. The first-order valence-corrected chi connectivity index (χ1v) is 9.91. The van der Waals surface area contributed by atoms with Gasteiger partial charge in [-0.3, -0.25) is 4.79 Å². The van der Waals surface area contributed by atoms with Crippen LogP contribution in [0.4, 0.5) is 5.69 Å². The summed E-state index contributed by atoms with van der Waals surface area (Å²) in [4.78, 5) is 14.6. The highest BCUT2D eigenvalue weighted by Gasteiger charge is 2.30. The lowest BCUT2D eigenvalue weighted by molar-refractivity contribution is -0.124. The second-order valence-electron chi connectivity index (χ2n) is 6.31. The Labute approximate surface area is 153 Å². The first-order chi connectivity index (χ1) is 12.3. The summed E-state index contributed by atoms with van der Waals surface area (Å²) in [5, 5.41) is 0. The molecule has 7 heteroatoms. The monoisotopic (exact) mass is 374 g/mol. The lowest BCUT2D eigenvalue weighted by Gasteiger charge is -2.22. The van der Waals surface area contributed by atoms with E-state index >= 15 is 0 Å². The van der Waals surface area contributed by atoms with E-state index in [0.717, 1.165) is 16.8 Å². The average molecular weight is 374 g/mol. The summed E-state index contributed by atoms with van der Waals surface area (Å²) in [7, 11) is -2.12. The van der Waals surface area contributed by atoms with Gasteiger partial charge in [-0.05, 0) is 63.2 Å². The summed E-state index contributed by atoms with van der Waals surface area (Å²) < 4.78 is 31.9. The topological polar surface area (TPSA) is 75.7 Å². The first-order valence-electron chi connectivity index (χ1n) is 8.43. The van der Waals surface area contributed by atoms with Gasteiger partial charge < -0.3 is 9.64 Å². The minimum Gasteiger partial charge on any atom is -0.481 e. The molecule has 0 saturated carbocycles. The van der Waals surface area contributed by atoms with Crippen LogP contribution in [-0.2, 0) is 21.2 Å². The van der Waals surface area contributed by atoms with E-state index in [0.29, 0.717) is 18.7 Å². The largest absolute Gasteiger partial charge is 0.481 e. The number of nitrogens with one attached hydrogen (secondary N) is 1. The first kappa shape index (κ1) is 18.4. The van der Waals surface area contributed by atoms with Crippen molar-refractivity contribution < 1.29 is 17.9 Å². The van der Waals surface area contributed by atoms with Gasteiger partial charge in [0.05, 0.1) is 4.90 Å². The number of hydrogen-bond acceptors (Lipinski definition) is 4. The van der Waals surface area contributed by atoms with Crippen LogP contribution in [-0.4, -0.2) is 34.0 Å². The maximum atomic E-state index is 12.8. The zero-order chi connectivity index (χ0) is 18.9. The zero-order valence-electron chi connectivity index (χ0n) is 15.0. The van der Waals surface area contributed by atoms with E-state index in [1.54, 1.807) is 24.0 Å². The predicted octanol–water partition coefficient (Wildman–Crippen LogP) is 2.26. The molecule has 0 fully saturated rings. The van der Waals surface area contributed by atoms with Crippen molar-refractivity contribution in [1.82, 2.24) is 4.72 Å². The normalized spacial score (nSPS) is 14.8. The molecule has 1 aliphatic heterocycles. The van der Waals surface area contributed by atoms with Crippen molar-refractivity contribution in [3.05, 3.63) is 53.6 Å². The Hall–Kier alpha value is -2.38. The number of benzene rings is 2. The van der Waals surface area contributed by atoms with E-state index < -0.39 is 16.1 Å². The fourth-order valence-electron chi connectivity index (χ4n) is 2.98. The third-order valence-corrected chi connectivity index (χ3v) is 5.89. The smallest absolute Gasteiger partial charge is 0.267 e. The second kappa shape index (κ2) is 7.09. The Morgan fingerprint density at radius 2 is 1.88 bits per heavy atom. The van der Waals surface area contributed by atoms with Crippen molar-refractivity contribution in [3.63, 3.8) is 0 Å².